The van der Waals surface area contributed by atoms with E-state index in [0.717, 1.165) is 19.4 Å². The van der Waals surface area contributed by atoms with Crippen LogP contribution >= 0.6 is 11.6 Å². The molecule has 1 unspecified atom stereocenters. The van der Waals surface area contributed by atoms with Gasteiger partial charge >= 0.3 is 0 Å². The number of aromatic nitrogens is 1. The number of pyridine rings is 1. The maximum Gasteiger partial charge on any atom is 0.133 e. The summed E-state index contributed by atoms with van der Waals surface area (Å²) in [6.45, 7) is 3.08. The molecule has 0 spiro atoms. The topological polar surface area (TPSA) is 71.2 Å². The molecule has 4 N–H and O–H groups in total. The Balaban J connectivity index is 2.52. The Bertz CT molecular complexity index is 313. The Kier molecular flexibility index (Phi) is 5.35. The zero-order valence-electron chi connectivity index (χ0n) is 9.41. The Hall–Kier alpha value is -1.00. The van der Waals surface area contributed by atoms with Crippen molar-refractivity contribution in [1.29, 1.82) is 0 Å². The number of aliphatic hydroxyl groups is 1. The van der Waals surface area contributed by atoms with Crippen molar-refractivity contribution in [2.75, 3.05) is 24.2 Å². The molecule has 0 aliphatic rings. The van der Waals surface area contributed by atoms with E-state index in [1.807, 2.05) is 0 Å². The molecule has 0 amide bonds. The summed E-state index contributed by atoms with van der Waals surface area (Å²) in [5.74, 6) is 1.12. The third kappa shape index (κ3) is 4.24. The van der Waals surface area contributed by atoms with Gasteiger partial charge in [-0.25, -0.2) is 4.98 Å². The van der Waals surface area contributed by atoms with Crippen LogP contribution in [0, 0.1) is 5.92 Å². The molecule has 0 bridgehead atoms. The predicted molar refractivity (Wildman–Crippen MR) is 67.6 cm³/mol. The van der Waals surface area contributed by atoms with Gasteiger partial charge < -0.3 is 16.2 Å². The first-order valence-electron chi connectivity index (χ1n) is 5.43. The highest BCUT2D eigenvalue weighted by Crippen LogP contribution is 2.17. The molecule has 0 fully saturated rings. The quantitative estimate of drug-likeness (QED) is 0.670. The molecule has 0 aromatic carbocycles. The monoisotopic (exact) mass is 243 g/mol. The molecular weight excluding hydrogens is 226 g/mol. The van der Waals surface area contributed by atoms with Crippen molar-refractivity contribution in [3.05, 3.63) is 17.3 Å². The van der Waals surface area contributed by atoms with Gasteiger partial charge in [0.25, 0.3) is 0 Å². The lowest BCUT2D eigenvalue weighted by Crippen LogP contribution is -2.15. The molecule has 1 heterocycles. The van der Waals surface area contributed by atoms with Gasteiger partial charge in [-0.3, -0.25) is 0 Å². The second kappa shape index (κ2) is 6.55. The Labute approximate surface area is 101 Å². The smallest absolute Gasteiger partial charge is 0.133 e. The summed E-state index contributed by atoms with van der Waals surface area (Å²) >= 11 is 5.79. The number of halogens is 1. The lowest BCUT2D eigenvalue weighted by Gasteiger charge is -2.15. The second-order valence-electron chi connectivity index (χ2n) is 3.78. The van der Waals surface area contributed by atoms with Crippen LogP contribution in [0.5, 0.6) is 0 Å². The zero-order valence-corrected chi connectivity index (χ0v) is 10.2. The number of nitrogen functional groups attached to an aromatic ring is 1. The Morgan fingerprint density at radius 1 is 1.56 bits per heavy atom. The predicted octanol–water partition coefficient (Wildman–Crippen LogP) is 2.14. The minimum absolute atomic E-state index is 0.214. The van der Waals surface area contributed by atoms with E-state index in [2.05, 4.69) is 17.2 Å². The molecule has 1 aromatic heterocycles. The van der Waals surface area contributed by atoms with E-state index in [9.17, 15) is 0 Å². The van der Waals surface area contributed by atoms with Gasteiger partial charge in [-0.05, 0) is 18.4 Å². The third-order valence-corrected chi connectivity index (χ3v) is 2.70. The largest absolute Gasteiger partial charge is 0.399 e. The molecule has 0 aliphatic carbocycles. The van der Waals surface area contributed by atoms with Crippen LogP contribution in [0.15, 0.2) is 12.1 Å². The summed E-state index contributed by atoms with van der Waals surface area (Å²) in [6, 6.07) is 3.36. The normalized spacial score (nSPS) is 12.4. The first kappa shape index (κ1) is 13.1. The fraction of sp³-hybridized carbons (Fsp3) is 0.545. The van der Waals surface area contributed by atoms with E-state index in [4.69, 9.17) is 22.4 Å². The molecule has 90 valence electrons. The first-order chi connectivity index (χ1) is 7.65. The molecule has 1 atom stereocenters. The molecule has 0 aliphatic heterocycles. The van der Waals surface area contributed by atoms with Crippen molar-refractivity contribution in [2.45, 2.75) is 19.8 Å². The highest BCUT2D eigenvalue weighted by Gasteiger charge is 2.06. The van der Waals surface area contributed by atoms with Crippen molar-refractivity contribution >= 4 is 23.1 Å². The van der Waals surface area contributed by atoms with Gasteiger partial charge in [0.05, 0.1) is 0 Å². The van der Waals surface area contributed by atoms with Gasteiger partial charge in [-0.1, -0.05) is 24.9 Å². The number of rotatable bonds is 6. The van der Waals surface area contributed by atoms with Crippen LogP contribution in [0.25, 0.3) is 0 Å². The van der Waals surface area contributed by atoms with Crippen LogP contribution in [-0.2, 0) is 0 Å². The van der Waals surface area contributed by atoms with Gasteiger partial charge in [-0.2, -0.15) is 0 Å². The van der Waals surface area contributed by atoms with Crippen LogP contribution in [0.4, 0.5) is 11.5 Å². The van der Waals surface area contributed by atoms with E-state index in [1.54, 1.807) is 12.1 Å². The van der Waals surface area contributed by atoms with Gasteiger partial charge in [0.1, 0.15) is 11.0 Å². The first-order valence-corrected chi connectivity index (χ1v) is 5.81. The van der Waals surface area contributed by atoms with Gasteiger partial charge in [0, 0.05) is 24.9 Å². The molecule has 0 radical (unpaired) electrons. The number of nitrogens with one attached hydrogen (secondary N) is 1. The number of aliphatic hydroxyl groups excluding tert-OH is 1. The number of hydrogen-bond donors (Lipinski definition) is 3. The highest BCUT2D eigenvalue weighted by molar-refractivity contribution is 6.29. The summed E-state index contributed by atoms with van der Waals surface area (Å²) < 4.78 is 0. The second-order valence-corrected chi connectivity index (χ2v) is 4.16. The van der Waals surface area contributed by atoms with Crippen molar-refractivity contribution in [2.24, 2.45) is 5.92 Å². The van der Waals surface area contributed by atoms with Crippen LogP contribution in [0.1, 0.15) is 19.8 Å². The van der Waals surface area contributed by atoms with E-state index in [0.29, 0.717) is 22.6 Å². The van der Waals surface area contributed by atoms with E-state index in [1.165, 1.54) is 0 Å². The van der Waals surface area contributed by atoms with Crippen LogP contribution in [-0.4, -0.2) is 23.2 Å². The number of nitrogens with zero attached hydrogens (tertiary/aromatic N) is 1. The molecule has 1 rings (SSSR count). The molecule has 1 aromatic rings. The molecule has 16 heavy (non-hydrogen) atoms. The highest BCUT2D eigenvalue weighted by atomic mass is 35.5. The fourth-order valence-electron chi connectivity index (χ4n) is 1.49. The maximum absolute atomic E-state index is 8.87. The summed E-state index contributed by atoms with van der Waals surface area (Å²) in [4.78, 5) is 4.11. The van der Waals surface area contributed by atoms with E-state index >= 15 is 0 Å². The summed E-state index contributed by atoms with van der Waals surface area (Å²) in [7, 11) is 0. The number of anilines is 2. The SMILES string of the molecule is CCC(CCO)CNc1cc(N)cc(Cl)n1. The average Bonchev–Trinajstić information content (AvgIpc) is 2.23. The zero-order chi connectivity index (χ0) is 12.0. The molecular formula is C11H18ClN3O. The molecule has 5 heteroatoms. The molecule has 0 saturated carbocycles. The van der Waals surface area contributed by atoms with Crippen LogP contribution in [0.2, 0.25) is 5.15 Å². The summed E-state index contributed by atoms with van der Waals surface area (Å²) in [6.07, 6.45) is 1.81. The molecule has 4 nitrogen and oxygen atoms in total. The maximum atomic E-state index is 8.87. The average molecular weight is 244 g/mol. The van der Waals surface area contributed by atoms with Crippen molar-refractivity contribution in [3.63, 3.8) is 0 Å². The number of hydrogen-bond acceptors (Lipinski definition) is 4. The third-order valence-electron chi connectivity index (χ3n) is 2.50. The van der Waals surface area contributed by atoms with Gasteiger partial charge in [0.2, 0.25) is 0 Å². The van der Waals surface area contributed by atoms with Crippen LogP contribution in [0.3, 0.4) is 0 Å². The Morgan fingerprint density at radius 3 is 2.88 bits per heavy atom. The minimum Gasteiger partial charge on any atom is -0.399 e. The van der Waals surface area contributed by atoms with E-state index in [-0.39, 0.29) is 6.61 Å². The molecule has 0 saturated heterocycles. The lowest BCUT2D eigenvalue weighted by molar-refractivity contribution is 0.258. The van der Waals surface area contributed by atoms with Crippen molar-refractivity contribution in [1.82, 2.24) is 4.98 Å². The minimum atomic E-state index is 0.214. The number of nitrogens with two attached hydrogens (primary N) is 1. The Morgan fingerprint density at radius 2 is 2.31 bits per heavy atom. The summed E-state index contributed by atoms with van der Waals surface area (Å²) in [5, 5.41) is 12.4. The van der Waals surface area contributed by atoms with E-state index < -0.39 is 0 Å². The van der Waals surface area contributed by atoms with Crippen molar-refractivity contribution in [3.8, 4) is 0 Å². The van der Waals surface area contributed by atoms with Gasteiger partial charge in [0.15, 0.2) is 0 Å². The summed E-state index contributed by atoms with van der Waals surface area (Å²) in [5.41, 5.74) is 6.25. The van der Waals surface area contributed by atoms with Gasteiger partial charge in [-0.15, -0.1) is 0 Å². The standard InChI is InChI=1S/C11H18ClN3O/c1-2-8(3-4-16)7-14-11-6-9(13)5-10(12)15-11/h5-6,8,16H,2-4,7H2,1H3,(H3,13,14,15). The van der Waals surface area contributed by atoms with Crippen LogP contribution < -0.4 is 11.1 Å². The van der Waals surface area contributed by atoms with Crippen molar-refractivity contribution < 1.29 is 5.11 Å². The fourth-order valence-corrected chi connectivity index (χ4v) is 1.71. The lowest BCUT2D eigenvalue weighted by atomic mass is 10.0.